The van der Waals surface area contributed by atoms with Crippen LogP contribution < -0.4 is 4.72 Å². The fourth-order valence-electron chi connectivity index (χ4n) is 2.35. The third-order valence-corrected chi connectivity index (χ3v) is 6.45. The van der Waals surface area contributed by atoms with Crippen molar-refractivity contribution in [2.45, 2.75) is 11.1 Å². The van der Waals surface area contributed by atoms with Crippen LogP contribution in [0.15, 0.2) is 59.1 Å². The summed E-state index contributed by atoms with van der Waals surface area (Å²) < 4.78 is 29.2. The van der Waals surface area contributed by atoms with E-state index in [2.05, 4.69) is 20.0 Å². The zero-order chi connectivity index (χ0) is 17.4. The fraction of sp³-hybridized carbons (Fsp3) is 0.0625. The number of sulfonamides is 1. The normalized spacial score (nSPS) is 11.7. The van der Waals surface area contributed by atoms with Crippen LogP contribution in [0.2, 0.25) is 0 Å². The van der Waals surface area contributed by atoms with Gasteiger partial charge in [-0.05, 0) is 43.3 Å². The number of nitrogens with one attached hydrogen (secondary N) is 1. The van der Waals surface area contributed by atoms with Crippen molar-refractivity contribution in [1.82, 2.24) is 19.8 Å². The van der Waals surface area contributed by atoms with Crippen molar-refractivity contribution in [2.75, 3.05) is 4.72 Å². The molecule has 3 heterocycles. The van der Waals surface area contributed by atoms with Crippen molar-refractivity contribution in [3.8, 4) is 11.3 Å². The molecule has 0 unspecified atom stereocenters. The Labute approximate surface area is 148 Å². The van der Waals surface area contributed by atoms with E-state index >= 15 is 0 Å². The van der Waals surface area contributed by atoms with Gasteiger partial charge in [0.1, 0.15) is 10.5 Å². The van der Waals surface area contributed by atoms with E-state index < -0.39 is 10.0 Å². The molecular formula is C16H13N5O2S2. The predicted octanol–water partition coefficient (Wildman–Crippen LogP) is 2.96. The minimum Gasteiger partial charge on any atom is -0.279 e. The van der Waals surface area contributed by atoms with E-state index in [4.69, 9.17) is 0 Å². The van der Waals surface area contributed by atoms with Crippen LogP contribution in [0.3, 0.4) is 0 Å². The first-order valence-corrected chi connectivity index (χ1v) is 9.68. The molecule has 0 aliphatic heterocycles. The summed E-state index contributed by atoms with van der Waals surface area (Å²) in [6, 6.07) is 14.1. The number of benzene rings is 1. The largest absolute Gasteiger partial charge is 0.279 e. The van der Waals surface area contributed by atoms with Crippen molar-refractivity contribution in [3.05, 3.63) is 59.7 Å². The summed E-state index contributed by atoms with van der Waals surface area (Å²) in [5.74, 6) is 0. The van der Waals surface area contributed by atoms with Crippen molar-refractivity contribution >= 4 is 32.7 Å². The number of rotatable bonds is 4. The quantitative estimate of drug-likeness (QED) is 0.596. The molecule has 9 heteroatoms. The summed E-state index contributed by atoms with van der Waals surface area (Å²) in [4.78, 5) is 0.950. The molecule has 0 radical (unpaired) electrons. The summed E-state index contributed by atoms with van der Waals surface area (Å²) in [7, 11) is -3.56. The predicted molar refractivity (Wildman–Crippen MR) is 96.1 cm³/mol. The monoisotopic (exact) mass is 371 g/mol. The van der Waals surface area contributed by atoms with Gasteiger partial charge in [-0.3, -0.25) is 4.72 Å². The van der Waals surface area contributed by atoms with E-state index in [1.165, 1.54) is 17.7 Å². The smallest absolute Gasteiger partial charge is 0.271 e. The Morgan fingerprint density at radius 1 is 1.04 bits per heavy atom. The molecule has 25 heavy (non-hydrogen) atoms. The van der Waals surface area contributed by atoms with Crippen LogP contribution in [0.4, 0.5) is 5.69 Å². The lowest BCUT2D eigenvalue weighted by Gasteiger charge is -2.07. The Bertz CT molecular complexity index is 1150. The molecule has 4 rings (SSSR count). The average Bonchev–Trinajstić information content (AvgIpc) is 3.23. The third kappa shape index (κ3) is 3.11. The summed E-state index contributed by atoms with van der Waals surface area (Å²) >= 11 is 1.24. The Kier molecular flexibility index (Phi) is 3.74. The number of nitrogens with zero attached hydrogens (tertiary/aromatic N) is 4. The zero-order valence-corrected chi connectivity index (χ0v) is 14.8. The van der Waals surface area contributed by atoms with Gasteiger partial charge in [0.05, 0.1) is 5.69 Å². The van der Waals surface area contributed by atoms with Gasteiger partial charge in [0.15, 0.2) is 5.65 Å². The van der Waals surface area contributed by atoms with E-state index in [9.17, 15) is 8.42 Å². The van der Waals surface area contributed by atoms with Gasteiger partial charge >= 0.3 is 0 Å². The van der Waals surface area contributed by atoms with Crippen LogP contribution in [0.1, 0.15) is 4.88 Å². The third-order valence-electron chi connectivity index (χ3n) is 3.58. The van der Waals surface area contributed by atoms with Gasteiger partial charge in [0, 0.05) is 16.1 Å². The maximum absolute atomic E-state index is 12.4. The van der Waals surface area contributed by atoms with Crippen LogP contribution in [0.5, 0.6) is 0 Å². The molecule has 0 spiro atoms. The molecule has 0 saturated heterocycles. The van der Waals surface area contributed by atoms with Gasteiger partial charge in [-0.25, -0.2) is 8.42 Å². The van der Waals surface area contributed by atoms with Crippen LogP contribution in [0, 0.1) is 6.92 Å². The number of hydrogen-bond donors (Lipinski definition) is 1. The number of aromatic nitrogens is 4. The number of fused-ring (bicyclic) bond motifs is 1. The second-order valence-corrected chi connectivity index (χ2v) is 8.60. The van der Waals surface area contributed by atoms with E-state index in [-0.39, 0.29) is 0 Å². The Morgan fingerprint density at radius 3 is 2.56 bits per heavy atom. The number of anilines is 1. The molecule has 0 fully saturated rings. The molecule has 1 N–H and O–H groups in total. The van der Waals surface area contributed by atoms with Crippen molar-refractivity contribution < 1.29 is 8.42 Å². The van der Waals surface area contributed by atoms with Gasteiger partial charge < -0.3 is 0 Å². The topological polar surface area (TPSA) is 89.2 Å². The van der Waals surface area contributed by atoms with Gasteiger partial charge in [0.25, 0.3) is 10.0 Å². The fourth-order valence-corrected chi connectivity index (χ4v) is 4.70. The molecule has 0 amide bonds. The van der Waals surface area contributed by atoms with Gasteiger partial charge in [-0.1, -0.05) is 12.1 Å². The van der Waals surface area contributed by atoms with Crippen molar-refractivity contribution in [1.29, 1.82) is 0 Å². The maximum atomic E-state index is 12.4. The summed E-state index contributed by atoms with van der Waals surface area (Å²) in [6.45, 7) is 1.87. The first-order valence-electron chi connectivity index (χ1n) is 7.38. The standard InChI is InChI=1S/C16H13N5O2S2/c1-11-2-9-16(24-11)25(22,23)20-13-5-3-12(4-6-13)14-7-8-15-18-17-10-21(15)19-14/h2-10,20H,1H3. The van der Waals surface area contributed by atoms with Crippen molar-refractivity contribution in [2.24, 2.45) is 0 Å². The zero-order valence-electron chi connectivity index (χ0n) is 13.1. The van der Waals surface area contributed by atoms with Crippen molar-refractivity contribution in [3.63, 3.8) is 0 Å². The summed E-state index contributed by atoms with van der Waals surface area (Å²) in [5.41, 5.74) is 2.78. The molecule has 4 aromatic rings. The van der Waals surface area contributed by atoms with E-state index in [1.807, 2.05) is 31.2 Å². The molecular weight excluding hydrogens is 358 g/mol. The summed E-state index contributed by atoms with van der Waals surface area (Å²) in [6.07, 6.45) is 1.53. The maximum Gasteiger partial charge on any atom is 0.271 e. The van der Waals surface area contributed by atoms with Crippen LogP contribution in [0.25, 0.3) is 16.9 Å². The molecule has 7 nitrogen and oxygen atoms in total. The lowest BCUT2D eigenvalue weighted by atomic mass is 10.1. The molecule has 0 bridgehead atoms. The average molecular weight is 371 g/mol. The van der Waals surface area contributed by atoms with E-state index in [0.717, 1.165) is 16.1 Å². The Morgan fingerprint density at radius 2 is 1.84 bits per heavy atom. The summed E-state index contributed by atoms with van der Waals surface area (Å²) in [5, 5.41) is 12.1. The van der Waals surface area contributed by atoms with Gasteiger partial charge in [-0.2, -0.15) is 9.61 Å². The lowest BCUT2D eigenvalue weighted by molar-refractivity contribution is 0.603. The second-order valence-electron chi connectivity index (χ2n) is 5.40. The highest BCUT2D eigenvalue weighted by Gasteiger charge is 2.16. The highest BCUT2D eigenvalue weighted by Crippen LogP contribution is 2.25. The SMILES string of the molecule is Cc1ccc(S(=O)(=O)Nc2ccc(-c3ccc4nncn4n3)cc2)s1. The molecule has 0 aliphatic carbocycles. The highest BCUT2D eigenvalue weighted by atomic mass is 32.2. The number of aryl methyl sites for hydroxylation is 1. The highest BCUT2D eigenvalue weighted by molar-refractivity contribution is 7.94. The number of thiophene rings is 1. The van der Waals surface area contributed by atoms with Crippen LogP contribution in [-0.2, 0) is 10.0 Å². The molecule has 1 aromatic carbocycles. The first kappa shape index (κ1) is 15.7. The van der Waals surface area contributed by atoms with Crippen LogP contribution in [-0.4, -0.2) is 28.2 Å². The molecule has 126 valence electrons. The molecule has 0 aliphatic rings. The molecule has 0 atom stereocenters. The van der Waals surface area contributed by atoms with Crippen LogP contribution >= 0.6 is 11.3 Å². The Balaban J connectivity index is 1.59. The number of hydrogen-bond acceptors (Lipinski definition) is 6. The minimum atomic E-state index is -3.56. The minimum absolute atomic E-state index is 0.300. The van der Waals surface area contributed by atoms with Gasteiger partial charge in [0.2, 0.25) is 0 Å². The second kappa shape index (κ2) is 5.94. The first-order chi connectivity index (χ1) is 12.0. The molecule has 3 aromatic heterocycles. The van der Waals surface area contributed by atoms with E-state index in [1.54, 1.807) is 28.8 Å². The lowest BCUT2D eigenvalue weighted by Crippen LogP contribution is -2.11. The van der Waals surface area contributed by atoms with Gasteiger partial charge in [-0.15, -0.1) is 21.5 Å². The molecule has 0 saturated carbocycles. The van der Waals surface area contributed by atoms with E-state index in [0.29, 0.717) is 15.5 Å². The Hall–Kier alpha value is -2.78.